The Balaban J connectivity index is 2.03. The monoisotopic (exact) mass is 370 g/mol. The number of ether oxygens (including phenoxy) is 2. The molecule has 0 aliphatic rings. The minimum absolute atomic E-state index is 0.0851. The number of anilines is 1. The molecule has 0 fully saturated rings. The van der Waals surface area contributed by atoms with Gasteiger partial charge in [0.2, 0.25) is 0 Å². The van der Waals surface area contributed by atoms with Gasteiger partial charge in [-0.2, -0.15) is 0 Å². The molecule has 0 radical (unpaired) electrons. The van der Waals surface area contributed by atoms with E-state index in [0.29, 0.717) is 0 Å². The molecule has 1 amide bonds. The van der Waals surface area contributed by atoms with Crippen LogP contribution in [0.1, 0.15) is 9.67 Å². The number of carbonyl (C=O) groups excluding carboxylic acids is 2. The first-order valence-corrected chi connectivity index (χ1v) is 7.70. The molecule has 1 aromatic carbocycles. The van der Waals surface area contributed by atoms with Gasteiger partial charge in [-0.05, 0) is 23.6 Å². The van der Waals surface area contributed by atoms with E-state index in [1.807, 2.05) is 0 Å². The molecule has 8 nitrogen and oxygen atoms in total. The molecule has 24 heavy (non-hydrogen) atoms. The largest absolute Gasteiger partial charge is 0.477 e. The molecule has 1 aromatic heterocycles. The lowest BCUT2D eigenvalue weighted by molar-refractivity contribution is -0.385. The number of thiophene rings is 1. The third-order valence-corrected chi connectivity index (χ3v) is 3.92. The van der Waals surface area contributed by atoms with Gasteiger partial charge >= 0.3 is 11.7 Å². The Labute approximate surface area is 145 Å². The Morgan fingerprint density at radius 2 is 2.12 bits per heavy atom. The summed E-state index contributed by atoms with van der Waals surface area (Å²) in [5, 5.41) is 15.2. The van der Waals surface area contributed by atoms with E-state index in [1.54, 1.807) is 11.4 Å². The van der Waals surface area contributed by atoms with Gasteiger partial charge in [0.05, 0.1) is 17.7 Å². The third-order valence-electron chi connectivity index (χ3n) is 2.79. The number of nitro benzene ring substituents is 1. The molecule has 1 N–H and O–H groups in total. The number of benzene rings is 1. The van der Waals surface area contributed by atoms with E-state index in [1.165, 1.54) is 19.2 Å². The van der Waals surface area contributed by atoms with Gasteiger partial charge in [-0.1, -0.05) is 11.6 Å². The van der Waals surface area contributed by atoms with Crippen molar-refractivity contribution in [2.24, 2.45) is 0 Å². The van der Waals surface area contributed by atoms with Crippen molar-refractivity contribution in [3.05, 3.63) is 49.7 Å². The van der Waals surface area contributed by atoms with Crippen molar-refractivity contribution in [1.82, 2.24) is 0 Å². The summed E-state index contributed by atoms with van der Waals surface area (Å²) in [6.45, 7) is -0.473. The average Bonchev–Trinajstić information content (AvgIpc) is 3.00. The topological polar surface area (TPSA) is 108 Å². The van der Waals surface area contributed by atoms with Gasteiger partial charge in [-0.3, -0.25) is 14.9 Å². The van der Waals surface area contributed by atoms with Crippen LogP contribution >= 0.6 is 22.9 Å². The fourth-order valence-corrected chi connectivity index (χ4v) is 2.68. The van der Waals surface area contributed by atoms with Crippen molar-refractivity contribution in [3.8, 4) is 5.75 Å². The quantitative estimate of drug-likeness (QED) is 0.475. The summed E-state index contributed by atoms with van der Waals surface area (Å²) in [4.78, 5) is 34.0. The van der Waals surface area contributed by atoms with Crippen LogP contribution < -0.4 is 10.1 Å². The van der Waals surface area contributed by atoms with Crippen LogP contribution in [0, 0.1) is 10.1 Å². The lowest BCUT2D eigenvalue weighted by atomic mass is 10.3. The first kappa shape index (κ1) is 17.7. The number of nitrogens with one attached hydrogen (secondary N) is 1. The number of hydrogen-bond acceptors (Lipinski definition) is 7. The summed E-state index contributed by atoms with van der Waals surface area (Å²) in [5.41, 5.74) is -0.0628. The summed E-state index contributed by atoms with van der Waals surface area (Å²) < 4.78 is 9.77. The number of esters is 1. The molecule has 0 saturated carbocycles. The molecule has 1 heterocycles. The summed E-state index contributed by atoms with van der Waals surface area (Å²) >= 11 is 6.81. The Morgan fingerprint density at radius 1 is 1.38 bits per heavy atom. The molecule has 0 aliphatic carbocycles. The number of nitrogens with zero attached hydrogens (tertiary/aromatic N) is 1. The zero-order valence-electron chi connectivity index (χ0n) is 12.3. The maximum Gasteiger partial charge on any atom is 0.350 e. The molecule has 0 saturated heterocycles. The number of carbonyl (C=O) groups is 2. The Kier molecular flexibility index (Phi) is 5.72. The lowest BCUT2D eigenvalue weighted by Gasteiger charge is -2.08. The highest BCUT2D eigenvalue weighted by molar-refractivity contribution is 7.12. The van der Waals surface area contributed by atoms with Gasteiger partial charge in [0.25, 0.3) is 5.91 Å². The van der Waals surface area contributed by atoms with Crippen molar-refractivity contribution in [2.45, 2.75) is 0 Å². The van der Waals surface area contributed by atoms with E-state index in [4.69, 9.17) is 16.3 Å². The molecule has 0 unspecified atom stereocenters. The van der Waals surface area contributed by atoms with Crippen molar-refractivity contribution in [1.29, 1.82) is 0 Å². The second-order valence-corrected chi connectivity index (χ2v) is 5.71. The van der Waals surface area contributed by atoms with Crippen LogP contribution in [0.15, 0.2) is 29.6 Å². The van der Waals surface area contributed by atoms with E-state index < -0.39 is 23.4 Å². The van der Waals surface area contributed by atoms with Crippen LogP contribution in [0.2, 0.25) is 5.02 Å². The summed E-state index contributed by atoms with van der Waals surface area (Å²) in [5.74, 6) is -1.24. The highest BCUT2D eigenvalue weighted by Crippen LogP contribution is 2.30. The third kappa shape index (κ3) is 4.21. The molecule has 10 heteroatoms. The SMILES string of the molecule is COC(=O)c1sccc1NC(=O)COc1ccc(Cl)cc1[N+](=O)[O-]. The van der Waals surface area contributed by atoms with Gasteiger partial charge in [-0.25, -0.2) is 4.79 Å². The van der Waals surface area contributed by atoms with Gasteiger partial charge in [0.15, 0.2) is 12.4 Å². The van der Waals surface area contributed by atoms with Crippen molar-refractivity contribution in [3.63, 3.8) is 0 Å². The number of rotatable bonds is 6. The molecular formula is C14H11ClN2O6S. The molecular weight excluding hydrogens is 360 g/mol. The van der Waals surface area contributed by atoms with Crippen LogP contribution in [0.3, 0.4) is 0 Å². The molecule has 0 aliphatic heterocycles. The summed E-state index contributed by atoms with van der Waals surface area (Å²) in [7, 11) is 1.23. The van der Waals surface area contributed by atoms with Crippen LogP contribution in [-0.2, 0) is 9.53 Å². The maximum absolute atomic E-state index is 11.9. The van der Waals surface area contributed by atoms with Crippen molar-refractivity contribution >= 4 is 46.2 Å². The van der Waals surface area contributed by atoms with Crippen LogP contribution in [0.25, 0.3) is 0 Å². The Bertz CT molecular complexity index is 791. The molecule has 0 bridgehead atoms. The molecule has 126 valence electrons. The second kappa shape index (κ2) is 7.75. The predicted octanol–water partition coefficient (Wildman–Crippen LogP) is 3.11. The van der Waals surface area contributed by atoms with Crippen LogP contribution in [0.5, 0.6) is 5.75 Å². The maximum atomic E-state index is 11.9. The molecule has 0 spiro atoms. The number of halogens is 1. The smallest absolute Gasteiger partial charge is 0.350 e. The minimum Gasteiger partial charge on any atom is -0.477 e. The molecule has 2 rings (SSSR count). The second-order valence-electron chi connectivity index (χ2n) is 4.36. The highest BCUT2D eigenvalue weighted by Gasteiger charge is 2.18. The summed E-state index contributed by atoms with van der Waals surface area (Å²) in [6, 6.07) is 5.39. The predicted molar refractivity (Wildman–Crippen MR) is 87.9 cm³/mol. The Morgan fingerprint density at radius 3 is 2.79 bits per heavy atom. The van der Waals surface area contributed by atoms with E-state index in [2.05, 4.69) is 10.1 Å². The number of amides is 1. The number of nitro groups is 1. The van der Waals surface area contributed by atoms with Crippen molar-refractivity contribution in [2.75, 3.05) is 19.0 Å². The first-order chi connectivity index (χ1) is 11.4. The zero-order valence-corrected chi connectivity index (χ0v) is 13.8. The van der Waals surface area contributed by atoms with E-state index in [0.717, 1.165) is 17.4 Å². The lowest BCUT2D eigenvalue weighted by Crippen LogP contribution is -2.21. The summed E-state index contributed by atoms with van der Waals surface area (Å²) in [6.07, 6.45) is 0. The zero-order chi connectivity index (χ0) is 17.7. The fourth-order valence-electron chi connectivity index (χ4n) is 1.74. The highest BCUT2D eigenvalue weighted by atomic mass is 35.5. The Hall–Kier alpha value is -2.65. The van der Waals surface area contributed by atoms with Gasteiger partial charge < -0.3 is 14.8 Å². The molecule has 0 atom stereocenters. The van der Waals surface area contributed by atoms with Gasteiger partial charge in [0, 0.05) is 11.1 Å². The average molecular weight is 371 g/mol. The van der Waals surface area contributed by atoms with E-state index >= 15 is 0 Å². The van der Waals surface area contributed by atoms with Crippen LogP contribution in [-0.4, -0.2) is 30.5 Å². The minimum atomic E-state index is -0.659. The first-order valence-electron chi connectivity index (χ1n) is 6.44. The van der Waals surface area contributed by atoms with Crippen LogP contribution in [0.4, 0.5) is 11.4 Å². The normalized spacial score (nSPS) is 10.1. The van der Waals surface area contributed by atoms with Gasteiger partial charge in [0.1, 0.15) is 4.88 Å². The van der Waals surface area contributed by atoms with E-state index in [9.17, 15) is 19.7 Å². The standard InChI is InChI=1S/C14H11ClN2O6S/c1-22-14(19)13-9(4-5-24-13)16-12(18)7-23-11-3-2-8(15)6-10(11)17(20)21/h2-6H,7H2,1H3,(H,16,18). The molecule has 2 aromatic rings. The van der Waals surface area contributed by atoms with Crippen molar-refractivity contribution < 1.29 is 24.0 Å². The number of hydrogen-bond donors (Lipinski definition) is 1. The fraction of sp³-hybridized carbons (Fsp3) is 0.143. The number of methoxy groups -OCH3 is 1. The van der Waals surface area contributed by atoms with Gasteiger partial charge in [-0.15, -0.1) is 11.3 Å². The van der Waals surface area contributed by atoms with E-state index in [-0.39, 0.29) is 27.0 Å².